The minimum Gasteiger partial charge on any atom is -0.490 e. The van der Waals surface area contributed by atoms with Crippen molar-refractivity contribution in [1.82, 2.24) is 4.57 Å². The summed E-state index contributed by atoms with van der Waals surface area (Å²) in [6, 6.07) is 10.1. The van der Waals surface area contributed by atoms with Gasteiger partial charge in [-0.1, -0.05) is 24.4 Å². The van der Waals surface area contributed by atoms with Gasteiger partial charge in [0, 0.05) is 5.39 Å². The summed E-state index contributed by atoms with van der Waals surface area (Å²) in [7, 11) is 0. The molecule has 14 heavy (non-hydrogen) atoms. The lowest BCUT2D eigenvalue weighted by molar-refractivity contribution is 0.285. The molecule has 70 valence electrons. The van der Waals surface area contributed by atoms with Gasteiger partial charge in [-0.05, 0) is 18.2 Å². The molecule has 0 saturated heterocycles. The fourth-order valence-electron chi connectivity index (χ4n) is 1.91. The van der Waals surface area contributed by atoms with E-state index in [1.165, 1.54) is 5.39 Å². The molecular weight excluding hydrogens is 194 g/mol. The Morgan fingerprint density at radius 3 is 3.07 bits per heavy atom. The summed E-state index contributed by atoms with van der Waals surface area (Å²) in [5, 5.41) is 1.19. The van der Waals surface area contributed by atoms with Crippen molar-refractivity contribution >= 4 is 23.1 Å². The maximum Gasteiger partial charge on any atom is 0.143 e. The second kappa shape index (κ2) is 2.82. The van der Waals surface area contributed by atoms with Crippen molar-refractivity contribution in [1.29, 1.82) is 0 Å². The zero-order valence-electron chi connectivity index (χ0n) is 7.56. The average Bonchev–Trinajstić information content (AvgIpc) is 2.24. The number of pyridine rings is 1. The molecule has 1 aliphatic rings. The molecule has 0 atom stereocenters. The van der Waals surface area contributed by atoms with Gasteiger partial charge in [-0.25, -0.2) is 0 Å². The number of nitrogens with zero attached hydrogens (tertiary/aromatic N) is 1. The van der Waals surface area contributed by atoms with Crippen molar-refractivity contribution in [3.05, 3.63) is 35.0 Å². The summed E-state index contributed by atoms with van der Waals surface area (Å²) in [4.78, 5) is 0. The van der Waals surface area contributed by atoms with Crippen molar-refractivity contribution in [2.24, 2.45) is 0 Å². The average molecular weight is 203 g/mol. The van der Waals surface area contributed by atoms with Gasteiger partial charge in [-0.2, -0.15) is 0 Å². The summed E-state index contributed by atoms with van der Waals surface area (Å²) < 4.78 is 8.61. The van der Waals surface area contributed by atoms with Crippen molar-refractivity contribution in [3.8, 4) is 5.75 Å². The Labute approximate surface area is 86.7 Å². The monoisotopic (exact) mass is 203 g/mol. The maximum absolute atomic E-state index is 5.58. The number of hydrogen-bond acceptors (Lipinski definition) is 2. The molecule has 0 aliphatic carbocycles. The summed E-state index contributed by atoms with van der Waals surface area (Å²) in [6.07, 6.45) is 0. The van der Waals surface area contributed by atoms with E-state index in [2.05, 4.69) is 10.6 Å². The van der Waals surface area contributed by atoms with E-state index in [0.717, 1.165) is 22.5 Å². The third-order valence-corrected chi connectivity index (χ3v) is 2.90. The van der Waals surface area contributed by atoms with Gasteiger partial charge >= 0.3 is 0 Å². The molecule has 0 spiro atoms. The summed E-state index contributed by atoms with van der Waals surface area (Å²) in [5.41, 5.74) is 1.13. The van der Waals surface area contributed by atoms with Crippen molar-refractivity contribution in [2.45, 2.75) is 6.54 Å². The SMILES string of the molecule is S=c1ccc2cccc3c2n1CCO3. The van der Waals surface area contributed by atoms with E-state index in [-0.39, 0.29) is 0 Å². The van der Waals surface area contributed by atoms with E-state index in [1.807, 2.05) is 24.3 Å². The molecule has 0 fully saturated rings. The molecule has 1 aromatic heterocycles. The van der Waals surface area contributed by atoms with E-state index in [4.69, 9.17) is 17.0 Å². The number of aromatic nitrogens is 1. The van der Waals surface area contributed by atoms with E-state index < -0.39 is 0 Å². The zero-order valence-corrected chi connectivity index (χ0v) is 8.38. The van der Waals surface area contributed by atoms with Crippen LogP contribution in [-0.2, 0) is 6.54 Å². The van der Waals surface area contributed by atoms with Crippen LogP contribution >= 0.6 is 12.2 Å². The number of benzene rings is 1. The number of para-hydroxylation sites is 1. The van der Waals surface area contributed by atoms with Gasteiger partial charge in [0.05, 0.1) is 12.1 Å². The van der Waals surface area contributed by atoms with Gasteiger partial charge < -0.3 is 9.30 Å². The molecular formula is C11H9NOS. The van der Waals surface area contributed by atoms with Crippen LogP contribution in [0.4, 0.5) is 0 Å². The molecule has 0 unspecified atom stereocenters. The number of ether oxygens (including phenoxy) is 1. The summed E-state index contributed by atoms with van der Waals surface area (Å²) in [6.45, 7) is 1.57. The van der Waals surface area contributed by atoms with E-state index in [0.29, 0.717) is 6.61 Å². The van der Waals surface area contributed by atoms with Crippen molar-refractivity contribution in [2.75, 3.05) is 6.61 Å². The highest BCUT2D eigenvalue weighted by molar-refractivity contribution is 7.71. The molecule has 1 aromatic carbocycles. The van der Waals surface area contributed by atoms with Crippen LogP contribution in [0.25, 0.3) is 10.9 Å². The third-order valence-electron chi connectivity index (χ3n) is 2.54. The molecule has 0 radical (unpaired) electrons. The standard InChI is InChI=1S/C11H9NOS/c14-10-5-4-8-2-1-3-9-11(8)12(10)6-7-13-9/h1-5H,6-7H2. The first-order chi connectivity index (χ1) is 6.86. The molecule has 3 heteroatoms. The fraction of sp³-hybridized carbons (Fsp3) is 0.182. The largest absolute Gasteiger partial charge is 0.490 e. The van der Waals surface area contributed by atoms with Crippen LogP contribution in [0.1, 0.15) is 0 Å². The van der Waals surface area contributed by atoms with Crippen LogP contribution in [0.15, 0.2) is 30.3 Å². The number of hydrogen-bond donors (Lipinski definition) is 0. The molecule has 0 bridgehead atoms. The second-order valence-corrected chi connectivity index (χ2v) is 3.78. The Balaban J connectivity index is 2.57. The van der Waals surface area contributed by atoms with Gasteiger partial charge in [-0.3, -0.25) is 0 Å². The van der Waals surface area contributed by atoms with Gasteiger partial charge in [0.25, 0.3) is 0 Å². The van der Waals surface area contributed by atoms with Crippen molar-refractivity contribution < 1.29 is 4.74 Å². The molecule has 0 saturated carbocycles. The smallest absolute Gasteiger partial charge is 0.143 e. The lowest BCUT2D eigenvalue weighted by Gasteiger charge is -2.20. The number of rotatable bonds is 0. The van der Waals surface area contributed by atoms with Crippen LogP contribution < -0.4 is 4.74 Å². The van der Waals surface area contributed by atoms with E-state index in [1.54, 1.807) is 0 Å². The van der Waals surface area contributed by atoms with Gasteiger partial charge in [0.2, 0.25) is 0 Å². The lowest BCUT2D eigenvalue weighted by atomic mass is 10.2. The Hall–Kier alpha value is -1.35. The van der Waals surface area contributed by atoms with Gasteiger partial charge in [0.15, 0.2) is 0 Å². The highest BCUT2D eigenvalue weighted by Gasteiger charge is 2.11. The summed E-state index contributed by atoms with van der Waals surface area (Å²) in [5.74, 6) is 0.945. The molecule has 2 aromatic rings. The minimum atomic E-state index is 0.713. The fourth-order valence-corrected chi connectivity index (χ4v) is 2.16. The second-order valence-electron chi connectivity index (χ2n) is 3.37. The predicted molar refractivity (Wildman–Crippen MR) is 58.3 cm³/mol. The predicted octanol–water partition coefficient (Wildman–Crippen LogP) is 2.76. The molecule has 2 heterocycles. The van der Waals surface area contributed by atoms with Crippen molar-refractivity contribution in [3.63, 3.8) is 0 Å². The van der Waals surface area contributed by atoms with Crippen LogP contribution in [-0.4, -0.2) is 11.2 Å². The Morgan fingerprint density at radius 2 is 2.14 bits per heavy atom. The first-order valence-electron chi connectivity index (χ1n) is 4.62. The van der Waals surface area contributed by atoms with Crippen LogP contribution in [0.2, 0.25) is 0 Å². The first kappa shape index (κ1) is 8.00. The Kier molecular flexibility index (Phi) is 1.61. The van der Waals surface area contributed by atoms with E-state index >= 15 is 0 Å². The van der Waals surface area contributed by atoms with Crippen LogP contribution in [0.5, 0.6) is 5.75 Å². The maximum atomic E-state index is 5.58. The Bertz CT molecular complexity index is 559. The van der Waals surface area contributed by atoms with Crippen LogP contribution in [0.3, 0.4) is 0 Å². The molecule has 0 amide bonds. The molecule has 0 N–H and O–H groups in total. The van der Waals surface area contributed by atoms with Gasteiger partial charge in [0.1, 0.15) is 17.0 Å². The minimum absolute atomic E-state index is 0.713. The molecule has 2 nitrogen and oxygen atoms in total. The normalized spacial score (nSPS) is 14.0. The zero-order chi connectivity index (χ0) is 9.54. The highest BCUT2D eigenvalue weighted by Crippen LogP contribution is 2.28. The third kappa shape index (κ3) is 0.990. The van der Waals surface area contributed by atoms with E-state index in [9.17, 15) is 0 Å². The highest BCUT2D eigenvalue weighted by atomic mass is 32.1. The topological polar surface area (TPSA) is 14.2 Å². The first-order valence-corrected chi connectivity index (χ1v) is 5.02. The van der Waals surface area contributed by atoms with Gasteiger partial charge in [-0.15, -0.1) is 0 Å². The molecule has 3 rings (SSSR count). The summed E-state index contributed by atoms with van der Waals surface area (Å²) >= 11 is 5.28. The van der Waals surface area contributed by atoms with Crippen LogP contribution in [0, 0.1) is 4.64 Å². The quantitative estimate of drug-likeness (QED) is 0.611. The molecule has 1 aliphatic heterocycles. The Morgan fingerprint density at radius 1 is 1.21 bits per heavy atom. The lowest BCUT2D eigenvalue weighted by Crippen LogP contribution is -2.16.